The molecule has 8 nitrogen and oxygen atoms in total. The molecule has 0 saturated heterocycles. The van der Waals surface area contributed by atoms with Crippen molar-refractivity contribution in [2.75, 3.05) is 26.7 Å². The molecule has 0 saturated carbocycles. The van der Waals surface area contributed by atoms with Crippen LogP contribution in [0.3, 0.4) is 0 Å². The molecule has 0 atom stereocenters. The van der Waals surface area contributed by atoms with Crippen molar-refractivity contribution in [2.24, 2.45) is 4.40 Å². The fraction of sp³-hybridized carbons (Fsp3) is 0.250. The molecule has 1 N–H and O–H groups in total. The van der Waals surface area contributed by atoms with Crippen LogP contribution < -0.4 is 5.32 Å². The second-order valence-corrected chi connectivity index (χ2v) is 8.06. The van der Waals surface area contributed by atoms with Crippen molar-refractivity contribution in [3.63, 3.8) is 0 Å². The minimum atomic E-state index is -3.76. The summed E-state index contributed by atoms with van der Waals surface area (Å²) in [5.41, 5.74) is 1.53. The average Bonchev–Trinajstić information content (AvgIpc) is 2.99. The number of hydrogen-bond donors (Lipinski definition) is 1. The fourth-order valence-electron chi connectivity index (χ4n) is 2.87. The third kappa shape index (κ3) is 5.20. The molecule has 0 spiro atoms. The Morgan fingerprint density at radius 2 is 1.76 bits per heavy atom. The number of rotatable bonds is 7. The van der Waals surface area contributed by atoms with Gasteiger partial charge in [-0.1, -0.05) is 42.5 Å². The van der Waals surface area contributed by atoms with Crippen molar-refractivity contribution in [1.29, 1.82) is 0 Å². The molecule has 3 rings (SSSR count). The van der Waals surface area contributed by atoms with Gasteiger partial charge in [0, 0.05) is 19.2 Å². The van der Waals surface area contributed by atoms with Crippen molar-refractivity contribution in [1.82, 2.24) is 10.2 Å². The number of amides is 1. The lowest BCUT2D eigenvalue weighted by Gasteiger charge is -2.17. The van der Waals surface area contributed by atoms with Crippen LogP contribution in [-0.4, -0.2) is 57.8 Å². The molecule has 1 heterocycles. The number of nitrogens with one attached hydrogen (secondary N) is 1. The number of carbonyl (C=O) groups excluding carboxylic acids is 2. The SMILES string of the molecule is CN(CC(=O)OCC(=O)NCCc1ccccc1)C1=NS(=O)(=O)c2ccccc21. The Morgan fingerprint density at radius 1 is 1.07 bits per heavy atom. The van der Waals surface area contributed by atoms with E-state index in [9.17, 15) is 18.0 Å². The summed E-state index contributed by atoms with van der Waals surface area (Å²) in [7, 11) is -2.23. The molecule has 0 aromatic heterocycles. The first-order valence-corrected chi connectivity index (χ1v) is 10.4. The van der Waals surface area contributed by atoms with Crippen LogP contribution in [0.1, 0.15) is 11.1 Å². The van der Waals surface area contributed by atoms with E-state index in [4.69, 9.17) is 4.74 Å². The van der Waals surface area contributed by atoms with Gasteiger partial charge in [-0.15, -0.1) is 4.40 Å². The highest BCUT2D eigenvalue weighted by molar-refractivity contribution is 7.90. The number of sulfonamides is 1. The zero-order valence-corrected chi connectivity index (χ0v) is 16.7. The molecule has 1 aliphatic rings. The molecule has 152 valence electrons. The van der Waals surface area contributed by atoms with Crippen molar-refractivity contribution < 1.29 is 22.7 Å². The summed E-state index contributed by atoms with van der Waals surface area (Å²) in [6.07, 6.45) is 0.678. The van der Waals surface area contributed by atoms with Gasteiger partial charge < -0.3 is 15.0 Å². The second-order valence-electron chi connectivity index (χ2n) is 6.49. The zero-order valence-electron chi connectivity index (χ0n) is 15.9. The lowest BCUT2D eigenvalue weighted by atomic mass is 10.1. The van der Waals surface area contributed by atoms with E-state index in [1.54, 1.807) is 18.2 Å². The standard InChI is InChI=1S/C20H21N3O5S/c1-23(20-16-9-5-6-10-17(16)29(26,27)22-20)13-19(25)28-14-18(24)21-12-11-15-7-3-2-4-8-15/h2-10H,11-14H2,1H3,(H,21,24). The molecule has 0 fully saturated rings. The van der Waals surface area contributed by atoms with Crippen molar-refractivity contribution in [2.45, 2.75) is 11.3 Å². The van der Waals surface area contributed by atoms with Crippen molar-refractivity contribution >= 4 is 27.7 Å². The smallest absolute Gasteiger partial charge is 0.326 e. The van der Waals surface area contributed by atoms with Crippen LogP contribution >= 0.6 is 0 Å². The number of amidine groups is 1. The zero-order chi connectivity index (χ0) is 20.9. The maximum Gasteiger partial charge on any atom is 0.326 e. The maximum absolute atomic E-state index is 12.1. The van der Waals surface area contributed by atoms with E-state index in [2.05, 4.69) is 9.71 Å². The van der Waals surface area contributed by atoms with Crippen LogP contribution in [0.15, 0.2) is 63.9 Å². The predicted molar refractivity (Wildman–Crippen MR) is 107 cm³/mol. The summed E-state index contributed by atoms with van der Waals surface area (Å²) in [6.45, 7) is -0.200. The highest BCUT2D eigenvalue weighted by Crippen LogP contribution is 2.26. The summed E-state index contributed by atoms with van der Waals surface area (Å²) in [5.74, 6) is -0.886. The average molecular weight is 415 g/mol. The van der Waals surface area contributed by atoms with E-state index in [0.717, 1.165) is 5.56 Å². The van der Waals surface area contributed by atoms with Crippen molar-refractivity contribution in [3.8, 4) is 0 Å². The first-order chi connectivity index (χ1) is 13.9. The Bertz CT molecular complexity index is 1040. The van der Waals surface area contributed by atoms with E-state index in [-0.39, 0.29) is 17.3 Å². The summed E-state index contributed by atoms with van der Waals surface area (Å²) >= 11 is 0. The highest BCUT2D eigenvalue weighted by atomic mass is 32.2. The maximum atomic E-state index is 12.1. The number of fused-ring (bicyclic) bond motifs is 1. The monoisotopic (exact) mass is 415 g/mol. The van der Waals surface area contributed by atoms with Gasteiger partial charge in [0.15, 0.2) is 12.4 Å². The molecule has 0 unspecified atom stereocenters. The molecular formula is C20H21N3O5S. The van der Waals surface area contributed by atoms with E-state index in [0.29, 0.717) is 18.5 Å². The summed E-state index contributed by atoms with van der Waals surface area (Å²) in [6, 6.07) is 16.1. The Balaban J connectivity index is 1.45. The number of nitrogens with zero attached hydrogens (tertiary/aromatic N) is 2. The minimum absolute atomic E-state index is 0.105. The number of carbonyl (C=O) groups is 2. The minimum Gasteiger partial charge on any atom is -0.454 e. The molecule has 2 aromatic rings. The second kappa shape index (κ2) is 8.87. The van der Waals surface area contributed by atoms with Gasteiger partial charge >= 0.3 is 5.97 Å². The Labute approximate surface area is 169 Å². The largest absolute Gasteiger partial charge is 0.454 e. The predicted octanol–water partition coefficient (Wildman–Crippen LogP) is 0.969. The molecule has 29 heavy (non-hydrogen) atoms. The summed E-state index contributed by atoms with van der Waals surface area (Å²) in [5, 5.41) is 2.69. The summed E-state index contributed by atoms with van der Waals surface area (Å²) in [4.78, 5) is 25.4. The molecule has 0 aliphatic carbocycles. The Kier molecular flexibility index (Phi) is 6.28. The molecule has 1 aliphatic heterocycles. The van der Waals surface area contributed by atoms with Crippen LogP contribution in [0.25, 0.3) is 0 Å². The number of benzene rings is 2. The molecular weight excluding hydrogens is 394 g/mol. The van der Waals surface area contributed by atoms with Crippen molar-refractivity contribution in [3.05, 3.63) is 65.7 Å². The van der Waals surface area contributed by atoms with E-state index in [1.807, 2.05) is 30.3 Å². The normalized spacial score (nSPS) is 13.9. The van der Waals surface area contributed by atoms with Gasteiger partial charge in [-0.05, 0) is 24.1 Å². The molecule has 0 radical (unpaired) electrons. The number of ether oxygens (including phenoxy) is 1. The first kappa shape index (κ1) is 20.5. The third-order valence-electron chi connectivity index (χ3n) is 4.28. The van der Waals surface area contributed by atoms with Crippen LogP contribution in [0, 0.1) is 0 Å². The Hall–Kier alpha value is -3.20. The Morgan fingerprint density at radius 3 is 2.52 bits per heavy atom. The number of likely N-dealkylation sites (N-methyl/N-ethyl adjacent to an activating group) is 1. The van der Waals surface area contributed by atoms with Crippen LogP contribution in [-0.2, 0) is 30.8 Å². The van der Waals surface area contributed by atoms with Gasteiger partial charge in [-0.25, -0.2) is 0 Å². The van der Waals surface area contributed by atoms with Gasteiger partial charge in [0.1, 0.15) is 11.4 Å². The number of hydrogen-bond acceptors (Lipinski definition) is 6. The van der Waals surface area contributed by atoms with Crippen LogP contribution in [0.2, 0.25) is 0 Å². The highest BCUT2D eigenvalue weighted by Gasteiger charge is 2.31. The van der Waals surface area contributed by atoms with Crippen LogP contribution in [0.4, 0.5) is 0 Å². The van der Waals surface area contributed by atoms with E-state index < -0.39 is 28.5 Å². The van der Waals surface area contributed by atoms with E-state index >= 15 is 0 Å². The topological polar surface area (TPSA) is 105 Å². The third-order valence-corrected chi connectivity index (χ3v) is 5.61. The van der Waals surface area contributed by atoms with Gasteiger partial charge in [-0.2, -0.15) is 8.42 Å². The lowest BCUT2D eigenvalue weighted by molar-refractivity contribution is -0.148. The molecule has 0 bridgehead atoms. The molecule has 1 amide bonds. The van der Waals surface area contributed by atoms with E-state index in [1.165, 1.54) is 18.0 Å². The van der Waals surface area contributed by atoms with Crippen LogP contribution in [0.5, 0.6) is 0 Å². The fourth-order valence-corrected chi connectivity index (χ4v) is 4.12. The molecule has 9 heteroatoms. The number of esters is 1. The lowest BCUT2D eigenvalue weighted by Crippen LogP contribution is -2.35. The van der Waals surface area contributed by atoms with Gasteiger partial charge in [0.05, 0.1) is 0 Å². The van der Waals surface area contributed by atoms with Gasteiger partial charge in [0.25, 0.3) is 15.9 Å². The molecule has 2 aromatic carbocycles. The first-order valence-electron chi connectivity index (χ1n) is 8.98. The van der Waals surface area contributed by atoms with Gasteiger partial charge in [0.2, 0.25) is 0 Å². The van der Waals surface area contributed by atoms with Gasteiger partial charge in [-0.3, -0.25) is 9.59 Å². The quantitative estimate of drug-likeness (QED) is 0.676. The summed E-state index contributed by atoms with van der Waals surface area (Å²) < 4.78 is 32.9.